The minimum Gasteiger partial charge on any atom is -0.359 e. The van der Waals surface area contributed by atoms with Gasteiger partial charge in [-0.3, -0.25) is 0 Å². The highest BCUT2D eigenvalue weighted by Crippen LogP contribution is 2.30. The zero-order chi connectivity index (χ0) is 12.7. The molecular weight excluding hydrogens is 206 g/mol. The molecule has 1 N–H and O–H groups in total. The van der Waals surface area contributed by atoms with Crippen LogP contribution in [0.15, 0.2) is 36.5 Å². The molecule has 0 saturated heterocycles. The summed E-state index contributed by atoms with van der Waals surface area (Å²) in [6, 6.07) is 8.50. The van der Waals surface area contributed by atoms with Crippen LogP contribution in [0.3, 0.4) is 0 Å². The largest absolute Gasteiger partial charge is 0.359 e. The second-order valence-electron chi connectivity index (χ2n) is 4.50. The second-order valence-corrected chi connectivity index (χ2v) is 4.50. The van der Waals surface area contributed by atoms with Gasteiger partial charge in [-0.25, -0.2) is 0 Å². The van der Waals surface area contributed by atoms with Crippen molar-refractivity contribution in [2.75, 3.05) is 5.32 Å². The minimum atomic E-state index is 0.686. The molecular formula is C16H25N. The van der Waals surface area contributed by atoms with Crippen molar-refractivity contribution in [1.29, 1.82) is 0 Å². The van der Waals surface area contributed by atoms with Crippen molar-refractivity contribution in [3.05, 3.63) is 42.1 Å². The lowest BCUT2D eigenvalue weighted by molar-refractivity contribution is 0.649. The third-order valence-electron chi connectivity index (χ3n) is 3.20. The highest BCUT2D eigenvalue weighted by Gasteiger charge is 2.17. The lowest BCUT2D eigenvalue weighted by Crippen LogP contribution is -2.07. The van der Waals surface area contributed by atoms with Gasteiger partial charge in [0.25, 0.3) is 0 Å². The Balaban J connectivity index is 0.000000686. The summed E-state index contributed by atoms with van der Waals surface area (Å²) < 4.78 is 0. The Hall–Kier alpha value is -1.24. The van der Waals surface area contributed by atoms with E-state index in [-0.39, 0.29) is 0 Å². The fourth-order valence-electron chi connectivity index (χ4n) is 2.20. The van der Waals surface area contributed by atoms with Gasteiger partial charge in [0.1, 0.15) is 0 Å². The first-order valence-electron chi connectivity index (χ1n) is 6.78. The molecule has 0 aliphatic heterocycles. The van der Waals surface area contributed by atoms with Crippen LogP contribution in [0.4, 0.5) is 5.69 Å². The van der Waals surface area contributed by atoms with Crippen molar-refractivity contribution in [3.63, 3.8) is 0 Å². The first kappa shape index (κ1) is 13.8. The van der Waals surface area contributed by atoms with Crippen molar-refractivity contribution in [1.82, 2.24) is 0 Å². The van der Waals surface area contributed by atoms with Crippen LogP contribution in [-0.4, -0.2) is 0 Å². The molecule has 0 spiro atoms. The summed E-state index contributed by atoms with van der Waals surface area (Å²) in [6.45, 7) is 10.3. The fraction of sp³-hybridized carbons (Fsp3) is 0.500. The van der Waals surface area contributed by atoms with Crippen molar-refractivity contribution in [2.45, 2.75) is 46.5 Å². The van der Waals surface area contributed by atoms with Gasteiger partial charge >= 0.3 is 0 Å². The molecule has 0 radical (unpaired) electrons. The number of aryl methyl sites for hydroxylation is 1. The summed E-state index contributed by atoms with van der Waals surface area (Å²) >= 11 is 0. The molecule has 1 nitrogen and oxygen atoms in total. The van der Waals surface area contributed by atoms with Gasteiger partial charge in [0.05, 0.1) is 0 Å². The SMILES string of the molecule is C=C(Nc1ccc(C)cc1)C1CCCC1.CC. The summed E-state index contributed by atoms with van der Waals surface area (Å²) in [5, 5.41) is 3.42. The first-order valence-corrected chi connectivity index (χ1v) is 6.78. The van der Waals surface area contributed by atoms with E-state index in [0.717, 1.165) is 5.69 Å². The molecule has 1 aliphatic carbocycles. The molecule has 17 heavy (non-hydrogen) atoms. The van der Waals surface area contributed by atoms with Crippen LogP contribution in [-0.2, 0) is 0 Å². The van der Waals surface area contributed by atoms with E-state index in [9.17, 15) is 0 Å². The lowest BCUT2D eigenvalue weighted by Gasteiger charge is -2.15. The van der Waals surface area contributed by atoms with E-state index >= 15 is 0 Å². The highest BCUT2D eigenvalue weighted by molar-refractivity contribution is 5.49. The van der Waals surface area contributed by atoms with Gasteiger partial charge < -0.3 is 5.32 Å². The molecule has 2 rings (SSSR count). The molecule has 0 aromatic heterocycles. The molecule has 0 atom stereocenters. The van der Waals surface area contributed by atoms with E-state index in [1.54, 1.807) is 0 Å². The monoisotopic (exact) mass is 231 g/mol. The number of hydrogen-bond acceptors (Lipinski definition) is 1. The minimum absolute atomic E-state index is 0.686. The maximum absolute atomic E-state index is 4.14. The van der Waals surface area contributed by atoms with E-state index in [0.29, 0.717) is 5.92 Å². The smallest absolute Gasteiger partial charge is 0.0381 e. The summed E-state index contributed by atoms with van der Waals surface area (Å²) in [5.74, 6) is 0.686. The Morgan fingerprint density at radius 2 is 1.65 bits per heavy atom. The van der Waals surface area contributed by atoms with Gasteiger partial charge in [-0.15, -0.1) is 0 Å². The zero-order valence-corrected chi connectivity index (χ0v) is 11.4. The van der Waals surface area contributed by atoms with E-state index < -0.39 is 0 Å². The van der Waals surface area contributed by atoms with Crippen LogP contribution in [0.25, 0.3) is 0 Å². The second kappa shape index (κ2) is 7.16. The molecule has 1 aromatic rings. The van der Waals surface area contributed by atoms with Gasteiger partial charge in [0.2, 0.25) is 0 Å². The summed E-state index contributed by atoms with van der Waals surface area (Å²) in [5.41, 5.74) is 3.65. The van der Waals surface area contributed by atoms with Gasteiger partial charge in [0.15, 0.2) is 0 Å². The van der Waals surface area contributed by atoms with Gasteiger partial charge in [-0.1, -0.05) is 51.0 Å². The average molecular weight is 231 g/mol. The van der Waals surface area contributed by atoms with Crippen molar-refractivity contribution in [2.24, 2.45) is 5.92 Å². The molecule has 1 fully saturated rings. The maximum Gasteiger partial charge on any atom is 0.0381 e. The number of hydrogen-bond donors (Lipinski definition) is 1. The standard InChI is InChI=1S/C14H19N.C2H6/c1-11-7-9-14(10-8-11)15-12(2)13-5-3-4-6-13;1-2/h7-10,13,15H,2-6H2,1H3;1-2H3. The molecule has 1 aromatic carbocycles. The Labute approximate surface area is 106 Å². The van der Waals surface area contributed by atoms with Crippen LogP contribution in [0.2, 0.25) is 0 Å². The van der Waals surface area contributed by atoms with Crippen molar-refractivity contribution in [3.8, 4) is 0 Å². The number of benzene rings is 1. The number of nitrogens with one attached hydrogen (secondary N) is 1. The topological polar surface area (TPSA) is 12.0 Å². The van der Waals surface area contributed by atoms with E-state index in [1.165, 1.54) is 36.9 Å². The predicted molar refractivity (Wildman–Crippen MR) is 77.2 cm³/mol. The molecule has 0 heterocycles. The molecule has 0 amide bonds. The Morgan fingerprint density at radius 1 is 1.12 bits per heavy atom. The molecule has 94 valence electrons. The lowest BCUT2D eigenvalue weighted by atomic mass is 10.0. The summed E-state index contributed by atoms with van der Waals surface area (Å²) in [7, 11) is 0. The Kier molecular flexibility index (Phi) is 5.82. The number of allylic oxidation sites excluding steroid dienone is 1. The Morgan fingerprint density at radius 3 is 2.18 bits per heavy atom. The molecule has 0 bridgehead atoms. The maximum atomic E-state index is 4.14. The van der Waals surface area contributed by atoms with Gasteiger partial charge in [-0.05, 0) is 37.8 Å². The predicted octanol–water partition coefficient (Wildman–Crippen LogP) is 5.14. The summed E-state index contributed by atoms with van der Waals surface area (Å²) in [4.78, 5) is 0. The Bertz CT molecular complexity index is 331. The molecule has 1 heteroatoms. The van der Waals surface area contributed by atoms with Gasteiger partial charge in [-0.2, -0.15) is 0 Å². The first-order chi connectivity index (χ1) is 8.25. The number of rotatable bonds is 3. The number of anilines is 1. The average Bonchev–Trinajstić information content (AvgIpc) is 2.88. The van der Waals surface area contributed by atoms with E-state index in [4.69, 9.17) is 0 Å². The third kappa shape index (κ3) is 4.26. The van der Waals surface area contributed by atoms with Crippen molar-refractivity contribution >= 4 is 5.69 Å². The molecule has 0 unspecified atom stereocenters. The van der Waals surface area contributed by atoms with Crippen molar-refractivity contribution < 1.29 is 0 Å². The van der Waals surface area contributed by atoms with E-state index in [1.807, 2.05) is 13.8 Å². The molecule has 1 aliphatic rings. The van der Waals surface area contributed by atoms with Crippen LogP contribution < -0.4 is 5.32 Å². The normalized spacial score (nSPS) is 15.0. The van der Waals surface area contributed by atoms with Crippen LogP contribution in [0.1, 0.15) is 45.1 Å². The zero-order valence-electron chi connectivity index (χ0n) is 11.4. The fourth-order valence-corrected chi connectivity index (χ4v) is 2.20. The van der Waals surface area contributed by atoms with Crippen LogP contribution >= 0.6 is 0 Å². The summed E-state index contributed by atoms with van der Waals surface area (Å²) in [6.07, 6.45) is 5.33. The van der Waals surface area contributed by atoms with Crippen LogP contribution in [0, 0.1) is 12.8 Å². The molecule has 1 saturated carbocycles. The van der Waals surface area contributed by atoms with Gasteiger partial charge in [0, 0.05) is 11.4 Å². The quantitative estimate of drug-likeness (QED) is 0.759. The third-order valence-corrected chi connectivity index (χ3v) is 3.20. The van der Waals surface area contributed by atoms with E-state index in [2.05, 4.69) is 43.1 Å². The van der Waals surface area contributed by atoms with Crippen LogP contribution in [0.5, 0.6) is 0 Å². The highest BCUT2D eigenvalue weighted by atomic mass is 14.9.